The Hall–Kier alpha value is -0.260. The number of carboxylic acid groups (broad SMARTS) is 1. The quantitative estimate of drug-likeness (QED) is 0.734. The highest BCUT2D eigenvalue weighted by Crippen LogP contribution is 2.20. The molecule has 15 heavy (non-hydrogen) atoms. The Morgan fingerprint density at radius 3 is 2.87 bits per heavy atom. The molecule has 0 aromatic rings. The molecular weight excluding hydrogens is 214 g/mol. The molecule has 1 rings (SSSR count). The molecule has 1 fully saturated rings. The molecule has 0 radical (unpaired) electrons. The summed E-state index contributed by atoms with van der Waals surface area (Å²) in [5, 5.41) is 9.04. The van der Waals surface area contributed by atoms with Crippen LogP contribution in [-0.4, -0.2) is 60.3 Å². The van der Waals surface area contributed by atoms with Gasteiger partial charge < -0.3 is 9.84 Å². The van der Waals surface area contributed by atoms with Crippen molar-refractivity contribution in [2.45, 2.75) is 13.0 Å². The second-order valence-corrected chi connectivity index (χ2v) is 4.66. The lowest BCUT2D eigenvalue weighted by molar-refractivity contribution is -0.143. The van der Waals surface area contributed by atoms with Gasteiger partial charge in [-0.2, -0.15) is 11.8 Å². The fourth-order valence-electron chi connectivity index (χ4n) is 1.91. The summed E-state index contributed by atoms with van der Waals surface area (Å²) in [5.74, 6) is -0.0525. The molecule has 2 atom stereocenters. The fraction of sp³-hybridized carbons (Fsp3) is 0.900. The first-order chi connectivity index (χ1) is 7.20. The minimum absolute atomic E-state index is 0.0552. The highest BCUT2D eigenvalue weighted by Gasteiger charge is 2.37. The van der Waals surface area contributed by atoms with Gasteiger partial charge in [0, 0.05) is 18.3 Å². The number of carbonyl (C=O) groups is 1. The Morgan fingerprint density at radius 1 is 1.60 bits per heavy atom. The minimum atomic E-state index is -0.736. The predicted octanol–water partition coefficient (Wildman–Crippen LogP) is 0.771. The number of likely N-dealkylation sites (N-methyl/N-ethyl adjacent to an activating group) is 1. The topological polar surface area (TPSA) is 49.8 Å². The number of hydrogen-bond acceptors (Lipinski definition) is 4. The van der Waals surface area contributed by atoms with Crippen molar-refractivity contribution < 1.29 is 14.6 Å². The maximum absolute atomic E-state index is 11.0. The maximum atomic E-state index is 11.0. The Balaban J connectivity index is 2.53. The first kappa shape index (κ1) is 12.8. The Labute approximate surface area is 95.0 Å². The molecule has 1 N–H and O–H groups in total. The average molecular weight is 233 g/mol. The zero-order chi connectivity index (χ0) is 11.3. The van der Waals surface area contributed by atoms with Gasteiger partial charge in [0.15, 0.2) is 0 Å². The van der Waals surface area contributed by atoms with E-state index < -0.39 is 5.97 Å². The van der Waals surface area contributed by atoms with Crippen molar-refractivity contribution >= 4 is 17.7 Å². The zero-order valence-corrected chi connectivity index (χ0v) is 10.1. The molecule has 1 aliphatic rings. The van der Waals surface area contributed by atoms with E-state index in [0.29, 0.717) is 13.2 Å². The predicted molar refractivity (Wildman–Crippen MR) is 61.4 cm³/mol. The molecule has 1 saturated heterocycles. The third-order valence-electron chi connectivity index (χ3n) is 2.83. The van der Waals surface area contributed by atoms with Crippen LogP contribution < -0.4 is 0 Å². The minimum Gasteiger partial charge on any atom is -0.481 e. The van der Waals surface area contributed by atoms with Crippen LogP contribution in [0.5, 0.6) is 0 Å². The number of aliphatic carboxylic acids is 1. The summed E-state index contributed by atoms with van der Waals surface area (Å²) in [6.45, 7) is 4.81. The third kappa shape index (κ3) is 3.36. The highest BCUT2D eigenvalue weighted by atomic mass is 32.2. The van der Waals surface area contributed by atoms with Crippen LogP contribution >= 0.6 is 11.8 Å². The van der Waals surface area contributed by atoms with Gasteiger partial charge in [-0.1, -0.05) is 6.92 Å². The molecular formula is C10H19NO3S. The molecule has 1 heterocycles. The van der Waals surface area contributed by atoms with Crippen LogP contribution in [0.25, 0.3) is 0 Å². The van der Waals surface area contributed by atoms with Crippen LogP contribution in [0.1, 0.15) is 6.92 Å². The second-order valence-electron chi connectivity index (χ2n) is 3.67. The number of thioether (sulfide) groups is 1. The van der Waals surface area contributed by atoms with Gasteiger partial charge in [0.05, 0.1) is 19.1 Å². The van der Waals surface area contributed by atoms with Crippen LogP contribution in [-0.2, 0) is 9.53 Å². The van der Waals surface area contributed by atoms with Crippen molar-refractivity contribution in [2.24, 2.45) is 5.92 Å². The van der Waals surface area contributed by atoms with Crippen molar-refractivity contribution in [1.82, 2.24) is 4.90 Å². The zero-order valence-electron chi connectivity index (χ0n) is 9.31. The number of hydrogen-bond donors (Lipinski definition) is 1. The molecule has 0 aromatic heterocycles. The van der Waals surface area contributed by atoms with E-state index in [4.69, 9.17) is 9.84 Å². The van der Waals surface area contributed by atoms with E-state index in [1.54, 1.807) is 11.8 Å². The second kappa shape index (κ2) is 6.35. The largest absolute Gasteiger partial charge is 0.481 e. The van der Waals surface area contributed by atoms with Gasteiger partial charge in [-0.15, -0.1) is 0 Å². The third-order valence-corrected chi connectivity index (χ3v) is 3.42. The first-order valence-electron chi connectivity index (χ1n) is 5.24. The van der Waals surface area contributed by atoms with Gasteiger partial charge in [0.25, 0.3) is 0 Å². The molecule has 5 heteroatoms. The molecule has 1 aliphatic heterocycles. The van der Waals surface area contributed by atoms with E-state index in [0.717, 1.165) is 18.8 Å². The van der Waals surface area contributed by atoms with E-state index in [1.165, 1.54) is 0 Å². The number of carboxylic acids is 1. The van der Waals surface area contributed by atoms with Crippen LogP contribution in [0.2, 0.25) is 0 Å². The van der Waals surface area contributed by atoms with E-state index in [2.05, 4.69) is 18.1 Å². The normalized spacial score (nSPS) is 26.1. The smallest absolute Gasteiger partial charge is 0.310 e. The number of ether oxygens (including phenoxy) is 1. The van der Waals surface area contributed by atoms with Crippen LogP contribution in [0.15, 0.2) is 0 Å². The average Bonchev–Trinajstić information content (AvgIpc) is 2.68. The van der Waals surface area contributed by atoms with Crippen LogP contribution in [0.3, 0.4) is 0 Å². The lowest BCUT2D eigenvalue weighted by Crippen LogP contribution is -2.44. The SMILES string of the molecule is CCN(CCSC)C1COCC1C(=O)O. The van der Waals surface area contributed by atoms with Gasteiger partial charge in [-0.3, -0.25) is 9.69 Å². The maximum Gasteiger partial charge on any atom is 0.310 e. The first-order valence-corrected chi connectivity index (χ1v) is 6.63. The van der Waals surface area contributed by atoms with Gasteiger partial charge in [-0.25, -0.2) is 0 Å². The summed E-state index contributed by atoms with van der Waals surface area (Å²) in [5.41, 5.74) is 0. The van der Waals surface area contributed by atoms with Crippen LogP contribution in [0.4, 0.5) is 0 Å². The number of nitrogens with zero attached hydrogens (tertiary/aromatic N) is 1. The van der Waals surface area contributed by atoms with Gasteiger partial charge >= 0.3 is 5.97 Å². The Bertz CT molecular complexity index is 213. The van der Waals surface area contributed by atoms with Crippen molar-refractivity contribution in [3.05, 3.63) is 0 Å². The lowest BCUT2D eigenvalue weighted by atomic mass is 10.0. The lowest BCUT2D eigenvalue weighted by Gasteiger charge is -2.28. The van der Waals surface area contributed by atoms with E-state index in [1.807, 2.05) is 0 Å². The van der Waals surface area contributed by atoms with Crippen molar-refractivity contribution in [2.75, 3.05) is 38.3 Å². The van der Waals surface area contributed by atoms with E-state index >= 15 is 0 Å². The summed E-state index contributed by atoms with van der Waals surface area (Å²) < 4.78 is 5.26. The van der Waals surface area contributed by atoms with Gasteiger partial charge in [0.2, 0.25) is 0 Å². The van der Waals surface area contributed by atoms with E-state index in [-0.39, 0.29) is 12.0 Å². The molecule has 4 nitrogen and oxygen atoms in total. The molecule has 0 aromatic carbocycles. The van der Waals surface area contributed by atoms with Crippen molar-refractivity contribution in [3.8, 4) is 0 Å². The fourth-order valence-corrected chi connectivity index (χ4v) is 2.32. The Kier molecular flexibility index (Phi) is 5.42. The van der Waals surface area contributed by atoms with Crippen molar-refractivity contribution in [1.29, 1.82) is 0 Å². The van der Waals surface area contributed by atoms with Gasteiger partial charge in [-0.05, 0) is 12.8 Å². The summed E-state index contributed by atoms with van der Waals surface area (Å²) in [7, 11) is 0. The van der Waals surface area contributed by atoms with Crippen molar-refractivity contribution in [3.63, 3.8) is 0 Å². The summed E-state index contributed by atoms with van der Waals surface area (Å²) >= 11 is 1.78. The molecule has 2 unspecified atom stereocenters. The van der Waals surface area contributed by atoms with E-state index in [9.17, 15) is 4.79 Å². The molecule has 0 amide bonds. The molecule has 0 bridgehead atoms. The molecule has 0 aliphatic carbocycles. The monoisotopic (exact) mass is 233 g/mol. The number of rotatable bonds is 6. The molecule has 88 valence electrons. The highest BCUT2D eigenvalue weighted by molar-refractivity contribution is 7.98. The van der Waals surface area contributed by atoms with Gasteiger partial charge in [0.1, 0.15) is 0 Å². The summed E-state index contributed by atoms with van der Waals surface area (Å²) in [6.07, 6.45) is 2.06. The summed E-state index contributed by atoms with van der Waals surface area (Å²) in [6, 6.07) is 0.0552. The standard InChI is InChI=1S/C10H19NO3S/c1-3-11(4-5-15-2)9-7-14-6-8(9)10(12)13/h8-9H,3-7H2,1-2H3,(H,12,13). The van der Waals surface area contributed by atoms with Crippen LogP contribution in [0, 0.1) is 5.92 Å². The summed E-state index contributed by atoms with van der Waals surface area (Å²) in [4.78, 5) is 13.2. The Morgan fingerprint density at radius 2 is 2.33 bits per heavy atom. The molecule has 0 spiro atoms. The molecule has 0 saturated carbocycles.